The molecular weight excluding hydrogens is 496 g/mol. The Kier molecular flexibility index (Phi) is 7.12. The molecule has 8 nitrogen and oxygen atoms in total. The number of anilines is 3. The van der Waals surface area contributed by atoms with Crippen LogP contribution in [0.25, 0.3) is 21.9 Å². The first kappa shape index (κ1) is 25.1. The number of aromatic nitrogens is 2. The number of hydrogen-bond acceptors (Lipinski definition) is 7. The zero-order valence-electron chi connectivity index (χ0n) is 20.9. The summed E-state index contributed by atoms with van der Waals surface area (Å²) in [5, 5.41) is 9.99. The van der Waals surface area contributed by atoms with Gasteiger partial charge in [0.25, 0.3) is 0 Å². The molecule has 0 atom stereocenters. The Balaban J connectivity index is 1.52. The minimum Gasteiger partial charge on any atom is -0.324 e. The van der Waals surface area contributed by atoms with E-state index >= 15 is 0 Å². The van der Waals surface area contributed by atoms with Gasteiger partial charge in [0.1, 0.15) is 0 Å². The lowest BCUT2D eigenvalue weighted by atomic mass is 10.00. The second-order valence-electron chi connectivity index (χ2n) is 8.51. The van der Waals surface area contributed by atoms with Crippen molar-refractivity contribution in [1.82, 2.24) is 14.7 Å². The Labute approximate surface area is 221 Å². The Hall–Kier alpha value is -4.60. The molecule has 4 aromatic carbocycles. The fourth-order valence-corrected chi connectivity index (χ4v) is 4.76. The van der Waals surface area contributed by atoms with Gasteiger partial charge >= 0.3 is 0 Å². The Morgan fingerprint density at radius 3 is 2.29 bits per heavy atom. The van der Waals surface area contributed by atoms with Crippen molar-refractivity contribution in [3.05, 3.63) is 109 Å². The number of benzene rings is 4. The molecule has 0 unspecified atom stereocenters. The van der Waals surface area contributed by atoms with Crippen LogP contribution in [0.5, 0.6) is 0 Å². The van der Waals surface area contributed by atoms with E-state index in [0.717, 1.165) is 33.2 Å². The summed E-state index contributed by atoms with van der Waals surface area (Å²) in [6.45, 7) is 1.84. The molecule has 0 saturated heterocycles. The maximum Gasteiger partial charge on any atom is 0.240 e. The zero-order valence-corrected chi connectivity index (χ0v) is 21.7. The molecule has 0 spiro atoms. The number of hydrazone groups is 1. The summed E-state index contributed by atoms with van der Waals surface area (Å²) in [6, 6.07) is 30.5. The number of sulfonamides is 1. The largest absolute Gasteiger partial charge is 0.324 e. The minimum atomic E-state index is -3.51. The van der Waals surface area contributed by atoms with Gasteiger partial charge in [-0.2, -0.15) is 10.1 Å². The highest BCUT2D eigenvalue weighted by atomic mass is 32.2. The van der Waals surface area contributed by atoms with Crippen molar-refractivity contribution in [3.8, 4) is 11.1 Å². The van der Waals surface area contributed by atoms with E-state index in [0.29, 0.717) is 17.5 Å². The molecule has 0 saturated carbocycles. The van der Waals surface area contributed by atoms with E-state index in [1.807, 2.05) is 61.5 Å². The Bertz CT molecular complexity index is 1710. The van der Waals surface area contributed by atoms with Crippen molar-refractivity contribution in [2.75, 3.05) is 17.8 Å². The maximum atomic E-state index is 12.0. The third-order valence-corrected chi connectivity index (χ3v) is 7.51. The standard InChI is InChI=1S/C29H26N6O2S/c1-20(21-15-17-24(18-16-21)38(36,37)30-2)34-35-28-27(26-14-8-10-22-9-6-7-13-25(22)26)19-31-29(33-28)32-23-11-4-3-5-12-23/h3-19,30H,1-2H3,(H2,31,32,33,35). The quantitative estimate of drug-likeness (QED) is 0.176. The van der Waals surface area contributed by atoms with E-state index in [1.165, 1.54) is 7.05 Å². The van der Waals surface area contributed by atoms with E-state index < -0.39 is 10.0 Å². The van der Waals surface area contributed by atoms with Gasteiger partial charge in [-0.15, -0.1) is 0 Å². The van der Waals surface area contributed by atoms with Gasteiger partial charge < -0.3 is 5.32 Å². The van der Waals surface area contributed by atoms with E-state index in [9.17, 15) is 8.42 Å². The average Bonchev–Trinajstić information content (AvgIpc) is 2.96. The van der Waals surface area contributed by atoms with Crippen LogP contribution in [0.2, 0.25) is 0 Å². The van der Waals surface area contributed by atoms with Gasteiger partial charge in [0.2, 0.25) is 16.0 Å². The average molecular weight is 523 g/mol. The highest BCUT2D eigenvalue weighted by Gasteiger charge is 2.14. The van der Waals surface area contributed by atoms with E-state index in [-0.39, 0.29) is 4.90 Å². The van der Waals surface area contributed by atoms with Gasteiger partial charge in [-0.1, -0.05) is 72.8 Å². The van der Waals surface area contributed by atoms with Crippen molar-refractivity contribution in [1.29, 1.82) is 0 Å². The first-order valence-electron chi connectivity index (χ1n) is 12.0. The minimum absolute atomic E-state index is 0.190. The third kappa shape index (κ3) is 5.39. The number of nitrogens with zero attached hydrogens (tertiary/aromatic N) is 3. The van der Waals surface area contributed by atoms with Gasteiger partial charge in [0.05, 0.1) is 10.6 Å². The van der Waals surface area contributed by atoms with Gasteiger partial charge in [-0.25, -0.2) is 18.1 Å². The molecule has 1 heterocycles. The molecule has 3 N–H and O–H groups in total. The maximum absolute atomic E-state index is 12.0. The topological polar surface area (TPSA) is 108 Å². The predicted octanol–water partition coefficient (Wildman–Crippen LogP) is 5.78. The fraction of sp³-hybridized carbons (Fsp3) is 0.0690. The van der Waals surface area contributed by atoms with Gasteiger partial charge in [-0.3, -0.25) is 5.43 Å². The lowest BCUT2D eigenvalue weighted by molar-refractivity contribution is 0.588. The van der Waals surface area contributed by atoms with Crippen molar-refractivity contribution in [2.45, 2.75) is 11.8 Å². The molecule has 0 aliphatic heterocycles. The fourth-order valence-electron chi connectivity index (χ4n) is 4.03. The molecule has 0 radical (unpaired) electrons. The summed E-state index contributed by atoms with van der Waals surface area (Å²) in [4.78, 5) is 9.51. The molecular formula is C29H26N6O2S. The molecule has 0 aliphatic rings. The van der Waals surface area contributed by atoms with Crippen LogP contribution in [-0.2, 0) is 10.0 Å². The molecule has 0 fully saturated rings. The number of rotatable bonds is 8. The number of hydrogen-bond donors (Lipinski definition) is 3. The van der Waals surface area contributed by atoms with Gasteiger partial charge in [0, 0.05) is 17.4 Å². The second kappa shape index (κ2) is 10.8. The van der Waals surface area contributed by atoms with Crippen LogP contribution < -0.4 is 15.5 Å². The van der Waals surface area contributed by atoms with Crippen molar-refractivity contribution in [3.63, 3.8) is 0 Å². The lowest BCUT2D eigenvalue weighted by Gasteiger charge is -2.13. The van der Waals surface area contributed by atoms with Crippen LogP contribution in [0.15, 0.2) is 113 Å². The first-order chi connectivity index (χ1) is 18.4. The molecule has 0 bridgehead atoms. The van der Waals surface area contributed by atoms with Crippen LogP contribution >= 0.6 is 0 Å². The highest BCUT2D eigenvalue weighted by molar-refractivity contribution is 7.89. The third-order valence-electron chi connectivity index (χ3n) is 6.08. The summed E-state index contributed by atoms with van der Waals surface area (Å²) in [6.07, 6.45) is 1.78. The smallest absolute Gasteiger partial charge is 0.240 e. The van der Waals surface area contributed by atoms with Crippen LogP contribution in [-0.4, -0.2) is 31.1 Å². The first-order valence-corrected chi connectivity index (χ1v) is 13.4. The van der Waals surface area contributed by atoms with Gasteiger partial charge in [0.15, 0.2) is 5.82 Å². The molecule has 38 heavy (non-hydrogen) atoms. The van der Waals surface area contributed by atoms with E-state index in [1.54, 1.807) is 30.5 Å². The zero-order chi connectivity index (χ0) is 26.5. The summed E-state index contributed by atoms with van der Waals surface area (Å²) in [5.41, 5.74) is 7.21. The van der Waals surface area contributed by atoms with Gasteiger partial charge in [-0.05, 0) is 60.1 Å². The molecule has 0 aliphatic carbocycles. The van der Waals surface area contributed by atoms with E-state index in [4.69, 9.17) is 4.98 Å². The Morgan fingerprint density at radius 2 is 1.53 bits per heavy atom. The normalized spacial score (nSPS) is 11.9. The molecule has 9 heteroatoms. The molecule has 190 valence electrons. The predicted molar refractivity (Wildman–Crippen MR) is 153 cm³/mol. The van der Waals surface area contributed by atoms with Crippen LogP contribution in [0.1, 0.15) is 12.5 Å². The van der Waals surface area contributed by atoms with Crippen LogP contribution in [0.3, 0.4) is 0 Å². The van der Waals surface area contributed by atoms with Crippen molar-refractivity contribution < 1.29 is 8.42 Å². The summed E-state index contributed by atoms with van der Waals surface area (Å²) < 4.78 is 26.4. The molecule has 5 rings (SSSR count). The molecule has 5 aromatic rings. The summed E-state index contributed by atoms with van der Waals surface area (Å²) >= 11 is 0. The number of fused-ring (bicyclic) bond motifs is 1. The molecule has 1 aromatic heterocycles. The van der Waals surface area contributed by atoms with Crippen molar-refractivity contribution in [2.24, 2.45) is 5.10 Å². The van der Waals surface area contributed by atoms with E-state index in [2.05, 4.69) is 43.7 Å². The summed E-state index contributed by atoms with van der Waals surface area (Å²) in [5.74, 6) is 0.959. The lowest BCUT2D eigenvalue weighted by Crippen LogP contribution is -2.18. The van der Waals surface area contributed by atoms with Crippen LogP contribution in [0, 0.1) is 0 Å². The van der Waals surface area contributed by atoms with Crippen LogP contribution in [0.4, 0.5) is 17.5 Å². The highest BCUT2D eigenvalue weighted by Crippen LogP contribution is 2.33. The van der Waals surface area contributed by atoms with Crippen molar-refractivity contribution >= 4 is 44.0 Å². The molecule has 0 amide bonds. The summed E-state index contributed by atoms with van der Waals surface area (Å²) in [7, 11) is -2.13. The second-order valence-corrected chi connectivity index (χ2v) is 10.4. The Morgan fingerprint density at radius 1 is 0.816 bits per heavy atom. The number of para-hydroxylation sites is 1. The SMILES string of the molecule is CNS(=O)(=O)c1ccc(C(C)=NNc2nc(Nc3ccccc3)ncc2-c2cccc3ccccc23)cc1. The monoisotopic (exact) mass is 522 g/mol. The number of nitrogens with one attached hydrogen (secondary N) is 3.